The summed E-state index contributed by atoms with van der Waals surface area (Å²) in [6.07, 6.45) is 1.63. The van der Waals surface area contributed by atoms with Gasteiger partial charge < -0.3 is 5.32 Å². The van der Waals surface area contributed by atoms with Crippen LogP contribution in [0.25, 0.3) is 0 Å². The summed E-state index contributed by atoms with van der Waals surface area (Å²) in [7, 11) is 0. The Morgan fingerprint density at radius 1 is 1.54 bits per heavy atom. The fourth-order valence-corrected chi connectivity index (χ4v) is 0.832. The average molecular weight is 182 g/mol. The molecule has 0 spiro atoms. The van der Waals surface area contributed by atoms with Crippen LogP contribution in [-0.4, -0.2) is 11.9 Å². The van der Waals surface area contributed by atoms with Crippen molar-refractivity contribution in [3.8, 4) is 6.07 Å². The lowest BCUT2D eigenvalue weighted by Gasteiger charge is -2.20. The molecule has 1 atom stereocenters. The first-order valence-electron chi connectivity index (χ1n) is 4.62. The molecule has 0 bridgehead atoms. The van der Waals surface area contributed by atoms with E-state index in [4.69, 9.17) is 5.26 Å². The Balaban J connectivity index is 4.12. The Kier molecular flexibility index (Phi) is 4.47. The molecule has 0 radical (unpaired) electrons. The summed E-state index contributed by atoms with van der Waals surface area (Å²) >= 11 is 0. The minimum absolute atomic E-state index is 0.0625. The number of nitriles is 1. The Morgan fingerprint density at radius 3 is 2.38 bits per heavy atom. The maximum Gasteiger partial charge on any atom is 0.226 e. The van der Waals surface area contributed by atoms with Gasteiger partial charge in [0.2, 0.25) is 5.91 Å². The predicted molar refractivity (Wildman–Crippen MR) is 51.9 cm³/mol. The van der Waals surface area contributed by atoms with Gasteiger partial charge >= 0.3 is 0 Å². The van der Waals surface area contributed by atoms with Crippen molar-refractivity contribution in [1.29, 1.82) is 5.26 Å². The molecule has 3 nitrogen and oxygen atoms in total. The average Bonchev–Trinajstić information content (AvgIpc) is 2.01. The maximum atomic E-state index is 11.4. The first-order valence-corrected chi connectivity index (χ1v) is 4.62. The fourth-order valence-electron chi connectivity index (χ4n) is 0.832. The van der Waals surface area contributed by atoms with Gasteiger partial charge in [-0.25, -0.2) is 0 Å². The van der Waals surface area contributed by atoms with Gasteiger partial charge in [0.05, 0.1) is 6.07 Å². The third-order valence-electron chi connectivity index (χ3n) is 1.72. The van der Waals surface area contributed by atoms with Gasteiger partial charge in [-0.05, 0) is 6.42 Å². The van der Waals surface area contributed by atoms with Gasteiger partial charge in [-0.15, -0.1) is 0 Å². The van der Waals surface area contributed by atoms with Crippen LogP contribution in [0.1, 0.15) is 40.5 Å². The molecule has 74 valence electrons. The molecule has 0 aliphatic rings. The predicted octanol–water partition coefficient (Wildman–Crippen LogP) is 1.84. The second-order valence-corrected chi connectivity index (χ2v) is 4.19. The normalized spacial score (nSPS) is 13.2. The van der Waals surface area contributed by atoms with E-state index in [2.05, 4.69) is 11.4 Å². The molecular formula is C10H18N2O. The lowest BCUT2D eigenvalue weighted by atomic mass is 9.95. The van der Waals surface area contributed by atoms with Crippen LogP contribution in [0, 0.1) is 16.7 Å². The van der Waals surface area contributed by atoms with Gasteiger partial charge in [0.15, 0.2) is 0 Å². The van der Waals surface area contributed by atoms with E-state index in [1.807, 2.05) is 27.7 Å². The van der Waals surface area contributed by atoms with Crippen molar-refractivity contribution < 1.29 is 4.79 Å². The van der Waals surface area contributed by atoms with Crippen molar-refractivity contribution in [2.45, 2.75) is 46.6 Å². The van der Waals surface area contributed by atoms with E-state index in [9.17, 15) is 4.79 Å². The molecule has 0 aliphatic carbocycles. The standard InChI is InChI=1S/C10H18N2O/c1-5-6-8(7-11)12-9(13)10(2,3)4/h8H,5-6H2,1-4H3,(H,12,13). The largest absolute Gasteiger partial charge is 0.340 e. The number of carbonyl (C=O) groups excluding carboxylic acids is 1. The number of hydrogen-bond donors (Lipinski definition) is 1. The number of carbonyl (C=O) groups is 1. The maximum absolute atomic E-state index is 11.4. The van der Waals surface area contributed by atoms with Gasteiger partial charge in [0.25, 0.3) is 0 Å². The number of nitrogens with one attached hydrogen (secondary N) is 1. The summed E-state index contributed by atoms with van der Waals surface area (Å²) in [4.78, 5) is 11.4. The zero-order chi connectivity index (χ0) is 10.5. The van der Waals surface area contributed by atoms with E-state index < -0.39 is 5.41 Å². The van der Waals surface area contributed by atoms with Crippen LogP contribution in [0.15, 0.2) is 0 Å². The van der Waals surface area contributed by atoms with Crippen LogP contribution >= 0.6 is 0 Å². The molecule has 0 saturated carbocycles. The van der Waals surface area contributed by atoms with Crippen molar-refractivity contribution in [1.82, 2.24) is 5.32 Å². The Labute approximate surface area is 80.1 Å². The zero-order valence-electron chi connectivity index (χ0n) is 8.85. The topological polar surface area (TPSA) is 52.9 Å². The lowest BCUT2D eigenvalue weighted by molar-refractivity contribution is -0.128. The highest BCUT2D eigenvalue weighted by Gasteiger charge is 2.23. The summed E-state index contributed by atoms with van der Waals surface area (Å²) in [5.41, 5.74) is -0.414. The van der Waals surface area contributed by atoms with Crippen LogP contribution < -0.4 is 5.32 Å². The van der Waals surface area contributed by atoms with Crippen molar-refractivity contribution in [3.63, 3.8) is 0 Å². The van der Waals surface area contributed by atoms with Crippen LogP contribution in [0.3, 0.4) is 0 Å². The SMILES string of the molecule is CCCC(C#N)NC(=O)C(C)(C)C. The quantitative estimate of drug-likeness (QED) is 0.724. The van der Waals surface area contributed by atoms with Gasteiger partial charge in [0, 0.05) is 5.41 Å². The third kappa shape index (κ3) is 4.51. The van der Waals surface area contributed by atoms with E-state index in [0.717, 1.165) is 12.8 Å². The van der Waals surface area contributed by atoms with E-state index in [1.165, 1.54) is 0 Å². The summed E-state index contributed by atoms with van der Waals surface area (Å²) in [5, 5.41) is 11.4. The van der Waals surface area contributed by atoms with Gasteiger partial charge in [0.1, 0.15) is 6.04 Å². The van der Waals surface area contributed by atoms with Crippen molar-refractivity contribution in [2.75, 3.05) is 0 Å². The molecule has 13 heavy (non-hydrogen) atoms. The fraction of sp³-hybridized carbons (Fsp3) is 0.800. The molecule has 3 heteroatoms. The molecule has 0 saturated heterocycles. The second-order valence-electron chi connectivity index (χ2n) is 4.19. The van der Waals surface area contributed by atoms with Crippen LogP contribution in [-0.2, 0) is 4.79 Å². The van der Waals surface area contributed by atoms with Gasteiger partial charge in [-0.2, -0.15) is 5.26 Å². The molecule has 0 aliphatic heterocycles. The number of amides is 1. The van der Waals surface area contributed by atoms with Crippen LogP contribution in [0.5, 0.6) is 0 Å². The van der Waals surface area contributed by atoms with E-state index in [-0.39, 0.29) is 11.9 Å². The van der Waals surface area contributed by atoms with E-state index >= 15 is 0 Å². The highest BCUT2D eigenvalue weighted by atomic mass is 16.2. The molecule has 1 N–H and O–H groups in total. The van der Waals surface area contributed by atoms with E-state index in [0.29, 0.717) is 0 Å². The number of rotatable bonds is 3. The van der Waals surface area contributed by atoms with Gasteiger partial charge in [-0.3, -0.25) is 4.79 Å². The van der Waals surface area contributed by atoms with Crippen molar-refractivity contribution >= 4 is 5.91 Å². The molecule has 0 rings (SSSR count). The van der Waals surface area contributed by atoms with Crippen molar-refractivity contribution in [2.24, 2.45) is 5.41 Å². The molecule has 0 aromatic heterocycles. The summed E-state index contributed by atoms with van der Waals surface area (Å²) in [6.45, 7) is 7.50. The van der Waals surface area contributed by atoms with Crippen LogP contribution in [0.4, 0.5) is 0 Å². The molecule has 0 fully saturated rings. The first kappa shape index (κ1) is 12.0. The molecule has 0 aromatic carbocycles. The number of hydrogen-bond acceptors (Lipinski definition) is 2. The van der Waals surface area contributed by atoms with Crippen molar-refractivity contribution in [3.05, 3.63) is 0 Å². The third-order valence-corrected chi connectivity index (χ3v) is 1.72. The smallest absolute Gasteiger partial charge is 0.226 e. The lowest BCUT2D eigenvalue weighted by Crippen LogP contribution is -2.40. The molecule has 0 heterocycles. The minimum Gasteiger partial charge on any atom is -0.340 e. The Morgan fingerprint density at radius 2 is 2.08 bits per heavy atom. The Bertz CT molecular complexity index is 210. The summed E-state index contributed by atoms with van der Waals surface area (Å²) < 4.78 is 0. The van der Waals surface area contributed by atoms with Gasteiger partial charge in [-0.1, -0.05) is 34.1 Å². The molecule has 1 unspecified atom stereocenters. The minimum atomic E-state index is -0.414. The molecular weight excluding hydrogens is 164 g/mol. The monoisotopic (exact) mass is 182 g/mol. The highest BCUT2D eigenvalue weighted by molar-refractivity contribution is 5.81. The molecule has 0 aromatic rings. The summed E-state index contributed by atoms with van der Waals surface area (Å²) in [6, 6.07) is 1.74. The summed E-state index contributed by atoms with van der Waals surface area (Å²) in [5.74, 6) is -0.0625. The van der Waals surface area contributed by atoms with Crippen LogP contribution in [0.2, 0.25) is 0 Å². The zero-order valence-corrected chi connectivity index (χ0v) is 8.85. The Hall–Kier alpha value is -1.04. The first-order chi connectivity index (χ1) is 5.91. The number of nitrogens with zero attached hydrogens (tertiary/aromatic N) is 1. The highest BCUT2D eigenvalue weighted by Crippen LogP contribution is 2.13. The molecule has 1 amide bonds. The van der Waals surface area contributed by atoms with E-state index in [1.54, 1.807) is 0 Å². The second kappa shape index (κ2) is 4.86.